The van der Waals surface area contributed by atoms with Crippen molar-refractivity contribution in [2.45, 2.75) is 24.8 Å². The number of carboxylic acid groups (broad SMARTS) is 1. The van der Waals surface area contributed by atoms with Gasteiger partial charge in [0.15, 0.2) is 0 Å². The van der Waals surface area contributed by atoms with E-state index in [0.717, 1.165) is 11.3 Å². The zero-order valence-electron chi connectivity index (χ0n) is 11.0. The van der Waals surface area contributed by atoms with Crippen LogP contribution in [0.25, 0.3) is 0 Å². The minimum absolute atomic E-state index is 0.00876. The van der Waals surface area contributed by atoms with Crippen LogP contribution in [0, 0.1) is 12.3 Å². The average molecular weight is 272 g/mol. The van der Waals surface area contributed by atoms with Crippen molar-refractivity contribution in [1.82, 2.24) is 0 Å². The second-order valence-electron chi connectivity index (χ2n) is 4.82. The van der Waals surface area contributed by atoms with Gasteiger partial charge < -0.3 is 15.7 Å². The number of fused-ring (bicyclic) bond motifs is 1. The highest BCUT2D eigenvalue weighted by Gasteiger charge is 2.34. The summed E-state index contributed by atoms with van der Waals surface area (Å²) < 4.78 is 0. The number of benzene rings is 1. The number of nitrogens with zero attached hydrogens (tertiary/aromatic N) is 1. The molecule has 104 valence electrons. The monoisotopic (exact) mass is 272 g/mol. The van der Waals surface area contributed by atoms with Crippen LogP contribution in [0.1, 0.15) is 24.3 Å². The molecule has 3 N–H and O–H groups in total. The van der Waals surface area contributed by atoms with Gasteiger partial charge >= 0.3 is 5.97 Å². The first kappa shape index (κ1) is 14.1. The maximum atomic E-state index is 12.3. The first-order valence-corrected chi connectivity index (χ1v) is 6.35. The van der Waals surface area contributed by atoms with Crippen LogP contribution in [-0.4, -0.2) is 29.6 Å². The number of carbonyl (C=O) groups excluding carboxylic acids is 1. The molecular formula is C15H16N2O3. The molecule has 0 spiro atoms. The lowest BCUT2D eigenvalue weighted by molar-refractivity contribution is -0.137. The third-order valence-electron chi connectivity index (χ3n) is 3.41. The standard InChI is InChI=1S/C15H16N2O3/c1-2-5-12(16)15(20)17-9-10(8-14(18)19)11-6-3-4-7-13(11)17/h1,3-4,6-7,10,12H,5,8-9,16H2,(H,18,19). The summed E-state index contributed by atoms with van der Waals surface area (Å²) in [6.45, 7) is 0.336. The molecule has 1 heterocycles. The van der Waals surface area contributed by atoms with Gasteiger partial charge in [-0.15, -0.1) is 12.3 Å². The number of rotatable bonds is 4. The number of nitrogens with two attached hydrogens (primary N) is 1. The Kier molecular flexibility index (Phi) is 4.06. The third kappa shape index (κ3) is 2.65. The zero-order chi connectivity index (χ0) is 14.7. The Balaban J connectivity index is 2.27. The van der Waals surface area contributed by atoms with Gasteiger partial charge in [0.25, 0.3) is 0 Å². The molecule has 0 radical (unpaired) electrons. The van der Waals surface area contributed by atoms with Crippen LogP contribution in [0.3, 0.4) is 0 Å². The molecule has 0 aromatic heterocycles. The van der Waals surface area contributed by atoms with Crippen LogP contribution >= 0.6 is 0 Å². The lowest BCUT2D eigenvalue weighted by Crippen LogP contribution is -2.43. The van der Waals surface area contributed by atoms with Crippen LogP contribution in [0.2, 0.25) is 0 Å². The lowest BCUT2D eigenvalue weighted by Gasteiger charge is -2.20. The predicted octanol–water partition coefficient (Wildman–Crippen LogP) is 0.942. The van der Waals surface area contributed by atoms with Crippen molar-refractivity contribution >= 4 is 17.6 Å². The molecule has 0 saturated heterocycles. The molecule has 0 saturated carbocycles. The normalized spacial score (nSPS) is 18.2. The number of terminal acetylenes is 1. The van der Waals surface area contributed by atoms with Gasteiger partial charge in [0.2, 0.25) is 5.91 Å². The minimum atomic E-state index is -0.882. The first-order valence-electron chi connectivity index (χ1n) is 6.35. The van der Waals surface area contributed by atoms with Crippen LogP contribution in [0.15, 0.2) is 24.3 Å². The zero-order valence-corrected chi connectivity index (χ0v) is 11.0. The van der Waals surface area contributed by atoms with Gasteiger partial charge in [0.05, 0.1) is 12.5 Å². The van der Waals surface area contributed by atoms with Crippen molar-refractivity contribution < 1.29 is 14.7 Å². The van der Waals surface area contributed by atoms with Gasteiger partial charge in [-0.05, 0) is 11.6 Å². The average Bonchev–Trinajstić information content (AvgIpc) is 2.77. The van der Waals surface area contributed by atoms with Crippen molar-refractivity contribution in [3.63, 3.8) is 0 Å². The van der Waals surface area contributed by atoms with Crippen molar-refractivity contribution in [2.75, 3.05) is 11.4 Å². The Bertz CT molecular complexity index is 577. The molecule has 2 unspecified atom stereocenters. The predicted molar refractivity (Wildman–Crippen MR) is 75.2 cm³/mol. The Hall–Kier alpha value is -2.32. The molecule has 2 rings (SSSR count). The van der Waals surface area contributed by atoms with E-state index in [1.165, 1.54) is 0 Å². The van der Waals surface area contributed by atoms with Gasteiger partial charge in [0.1, 0.15) is 0 Å². The lowest BCUT2D eigenvalue weighted by atomic mass is 9.98. The first-order chi connectivity index (χ1) is 9.54. The molecule has 1 aliphatic rings. The van der Waals surface area contributed by atoms with Gasteiger partial charge in [-0.2, -0.15) is 0 Å². The van der Waals surface area contributed by atoms with Crippen LogP contribution in [0.4, 0.5) is 5.69 Å². The molecule has 1 aromatic carbocycles. The van der Waals surface area contributed by atoms with E-state index in [2.05, 4.69) is 5.92 Å². The number of anilines is 1. The fourth-order valence-corrected chi connectivity index (χ4v) is 2.50. The number of carbonyl (C=O) groups is 2. The Morgan fingerprint density at radius 2 is 2.20 bits per heavy atom. The topological polar surface area (TPSA) is 83.6 Å². The second kappa shape index (κ2) is 5.76. The molecule has 5 nitrogen and oxygen atoms in total. The van der Waals surface area contributed by atoms with E-state index in [-0.39, 0.29) is 24.7 Å². The summed E-state index contributed by atoms with van der Waals surface area (Å²) in [7, 11) is 0. The number of hydrogen-bond donors (Lipinski definition) is 2. The summed E-state index contributed by atoms with van der Waals surface area (Å²) >= 11 is 0. The number of amides is 1. The van der Waals surface area contributed by atoms with Gasteiger partial charge in [-0.25, -0.2) is 0 Å². The Morgan fingerprint density at radius 1 is 1.50 bits per heavy atom. The summed E-state index contributed by atoms with van der Waals surface area (Å²) in [6.07, 6.45) is 5.33. The molecule has 0 bridgehead atoms. The summed E-state index contributed by atoms with van der Waals surface area (Å²) in [5.74, 6) is 1.03. The minimum Gasteiger partial charge on any atom is -0.481 e. The highest BCUT2D eigenvalue weighted by atomic mass is 16.4. The van der Waals surface area contributed by atoms with Crippen LogP contribution in [-0.2, 0) is 9.59 Å². The fraction of sp³-hybridized carbons (Fsp3) is 0.333. The molecule has 0 fully saturated rings. The molecule has 0 aliphatic carbocycles. The smallest absolute Gasteiger partial charge is 0.304 e. The van der Waals surface area contributed by atoms with Gasteiger partial charge in [-0.1, -0.05) is 18.2 Å². The summed E-state index contributed by atoms with van der Waals surface area (Å²) in [5, 5.41) is 8.96. The SMILES string of the molecule is C#CCC(N)C(=O)N1CC(CC(=O)O)c2ccccc21. The van der Waals surface area contributed by atoms with Crippen molar-refractivity contribution in [1.29, 1.82) is 0 Å². The molecule has 20 heavy (non-hydrogen) atoms. The van der Waals surface area contributed by atoms with Crippen molar-refractivity contribution in [3.05, 3.63) is 29.8 Å². The number of carboxylic acids is 1. The molecule has 1 aliphatic heterocycles. The molecule has 5 heteroatoms. The van der Waals surface area contributed by atoms with Gasteiger partial charge in [0, 0.05) is 24.6 Å². The largest absolute Gasteiger partial charge is 0.481 e. The van der Waals surface area contributed by atoms with Crippen LogP contribution < -0.4 is 10.6 Å². The van der Waals surface area contributed by atoms with E-state index >= 15 is 0 Å². The van der Waals surface area contributed by atoms with E-state index in [1.54, 1.807) is 11.0 Å². The molecular weight excluding hydrogens is 256 g/mol. The van der Waals surface area contributed by atoms with E-state index in [0.29, 0.717) is 6.54 Å². The highest BCUT2D eigenvalue weighted by Crippen LogP contribution is 2.38. The van der Waals surface area contributed by atoms with Crippen molar-refractivity contribution in [2.24, 2.45) is 5.73 Å². The Labute approximate surface area is 117 Å². The molecule has 1 aromatic rings. The third-order valence-corrected chi connectivity index (χ3v) is 3.41. The molecule has 1 amide bonds. The van der Waals surface area contributed by atoms with E-state index in [4.69, 9.17) is 17.3 Å². The maximum Gasteiger partial charge on any atom is 0.304 e. The van der Waals surface area contributed by atoms with Gasteiger partial charge in [-0.3, -0.25) is 9.59 Å². The van der Waals surface area contributed by atoms with Crippen molar-refractivity contribution in [3.8, 4) is 12.3 Å². The second-order valence-corrected chi connectivity index (χ2v) is 4.82. The highest BCUT2D eigenvalue weighted by molar-refractivity contribution is 5.99. The Morgan fingerprint density at radius 3 is 2.85 bits per heavy atom. The summed E-state index contributed by atoms with van der Waals surface area (Å²) in [5.41, 5.74) is 7.37. The van der Waals surface area contributed by atoms with Crippen LogP contribution in [0.5, 0.6) is 0 Å². The van der Waals surface area contributed by atoms with E-state index in [9.17, 15) is 9.59 Å². The fourth-order valence-electron chi connectivity index (χ4n) is 2.50. The number of hydrogen-bond acceptors (Lipinski definition) is 3. The summed E-state index contributed by atoms with van der Waals surface area (Å²) in [4.78, 5) is 24.8. The van der Waals surface area contributed by atoms with E-state index < -0.39 is 12.0 Å². The quantitative estimate of drug-likeness (QED) is 0.799. The van der Waals surface area contributed by atoms with E-state index in [1.807, 2.05) is 18.2 Å². The maximum absolute atomic E-state index is 12.3. The molecule has 2 atom stereocenters. The number of para-hydroxylation sites is 1. The number of aliphatic carboxylic acids is 1. The summed E-state index contributed by atoms with van der Waals surface area (Å²) in [6, 6.07) is 6.55.